The van der Waals surface area contributed by atoms with Crippen molar-refractivity contribution in [3.05, 3.63) is 71.6 Å². The van der Waals surface area contributed by atoms with Crippen LogP contribution in [-0.2, 0) is 22.3 Å². The number of aromatic nitrogens is 4. The van der Waals surface area contributed by atoms with E-state index in [1.165, 1.54) is 53.5 Å². The van der Waals surface area contributed by atoms with Crippen molar-refractivity contribution in [1.82, 2.24) is 29.7 Å². The van der Waals surface area contributed by atoms with E-state index in [4.69, 9.17) is 19.4 Å². The Labute approximate surface area is 320 Å². The number of thioether (sulfide) groups is 2. The first kappa shape index (κ1) is 36.1. The number of carbonyl (C=O) groups excluding carboxylic acids is 2. The Bertz CT molecular complexity index is 2000. The highest BCUT2D eigenvalue weighted by Crippen LogP contribution is 2.53. The van der Waals surface area contributed by atoms with E-state index in [-0.39, 0.29) is 22.9 Å². The van der Waals surface area contributed by atoms with Crippen LogP contribution in [0.5, 0.6) is 0 Å². The maximum Gasteiger partial charge on any atom is 0.411 e. The van der Waals surface area contributed by atoms with E-state index in [0.29, 0.717) is 18.5 Å². The van der Waals surface area contributed by atoms with Gasteiger partial charge in [0.25, 0.3) is 0 Å². The summed E-state index contributed by atoms with van der Waals surface area (Å²) in [6.07, 6.45) is 10.5. The minimum atomic E-state index is -0.550. The van der Waals surface area contributed by atoms with E-state index in [0.717, 1.165) is 52.9 Å². The van der Waals surface area contributed by atoms with Gasteiger partial charge in [0.2, 0.25) is 0 Å². The van der Waals surface area contributed by atoms with Gasteiger partial charge in [-0.15, -0.1) is 23.5 Å². The molecule has 3 fully saturated rings. The van der Waals surface area contributed by atoms with Crippen LogP contribution in [0.1, 0.15) is 101 Å². The van der Waals surface area contributed by atoms with E-state index < -0.39 is 11.2 Å². The molecule has 2 aliphatic carbocycles. The molecule has 1 spiro atoms. The van der Waals surface area contributed by atoms with Crippen LogP contribution in [0.3, 0.4) is 0 Å². The van der Waals surface area contributed by atoms with Crippen molar-refractivity contribution in [2.24, 2.45) is 5.41 Å². The number of nitrogens with one attached hydrogen (secondary N) is 2. The lowest BCUT2D eigenvalue weighted by atomic mass is 9.82. The Hall–Kier alpha value is -3.90. The summed E-state index contributed by atoms with van der Waals surface area (Å²) in [5.74, 6) is 3.24. The largest absolute Gasteiger partial charge is 0.444 e. The highest BCUT2D eigenvalue weighted by Gasteiger charge is 2.42. The summed E-state index contributed by atoms with van der Waals surface area (Å²) in [4.78, 5) is 46.2. The van der Waals surface area contributed by atoms with Crippen LogP contribution < -0.4 is 0 Å². The highest BCUT2D eigenvalue weighted by molar-refractivity contribution is 8.00. The Morgan fingerprint density at radius 3 is 1.72 bits per heavy atom. The summed E-state index contributed by atoms with van der Waals surface area (Å²) in [5.41, 5.74) is 8.79. The van der Waals surface area contributed by atoms with E-state index >= 15 is 0 Å². The molecule has 2 N–H and O–H groups in total. The molecular weight excluding hydrogens is 705 g/mol. The highest BCUT2D eigenvalue weighted by atomic mass is 32.2. The number of ether oxygens (including phenoxy) is 2. The van der Waals surface area contributed by atoms with Crippen LogP contribution in [0.4, 0.5) is 9.59 Å². The number of rotatable bonds is 5. The number of amides is 2. The average molecular weight is 755 g/mol. The zero-order valence-electron chi connectivity index (χ0n) is 31.6. The summed E-state index contributed by atoms with van der Waals surface area (Å²) in [5, 5.41) is -0.397. The summed E-state index contributed by atoms with van der Waals surface area (Å²) >= 11 is 3.42. The SMILES string of the molecule is CC(C)(C)OC(=O)N1CCS[C@H]1c1ncc(-c2ccc(-c3ccc(-c4cnc([C@@H]5SCCN5C(=O)OC(C)(C)C)[nH]4)c4c3CC3(CCCC3)C4)cc2)[nH]1. The fraction of sp³-hybridized carbons (Fsp3) is 0.512. The van der Waals surface area contributed by atoms with Crippen LogP contribution >= 0.6 is 23.5 Å². The number of fused-ring (bicyclic) bond motifs is 1. The van der Waals surface area contributed by atoms with Gasteiger partial charge in [0.1, 0.15) is 33.6 Å². The van der Waals surface area contributed by atoms with Gasteiger partial charge in [-0.3, -0.25) is 9.80 Å². The molecular formula is C41H50N6O4S2. The zero-order valence-corrected chi connectivity index (χ0v) is 33.2. The molecule has 0 unspecified atom stereocenters. The minimum absolute atomic E-state index is 0.197. The second-order valence-corrected chi connectivity index (χ2v) is 19.3. The van der Waals surface area contributed by atoms with Crippen molar-refractivity contribution in [2.75, 3.05) is 24.6 Å². The van der Waals surface area contributed by atoms with E-state index in [1.54, 1.807) is 33.3 Å². The normalized spacial score (nSPS) is 21.1. The van der Waals surface area contributed by atoms with Crippen molar-refractivity contribution in [3.63, 3.8) is 0 Å². The van der Waals surface area contributed by atoms with Gasteiger partial charge in [-0.25, -0.2) is 19.6 Å². The third-order valence-electron chi connectivity index (χ3n) is 10.7. The first-order chi connectivity index (χ1) is 25.3. The van der Waals surface area contributed by atoms with E-state index in [1.807, 2.05) is 53.9 Å². The molecule has 2 atom stereocenters. The summed E-state index contributed by atoms with van der Waals surface area (Å²) in [6.45, 7) is 12.6. The van der Waals surface area contributed by atoms with Gasteiger partial charge in [0.05, 0.1) is 23.8 Å². The molecule has 2 aliphatic heterocycles. The molecule has 2 saturated heterocycles. The molecule has 1 saturated carbocycles. The van der Waals surface area contributed by atoms with Gasteiger partial charge in [-0.05, 0) is 100 Å². The molecule has 2 aromatic carbocycles. The quantitative estimate of drug-likeness (QED) is 0.207. The van der Waals surface area contributed by atoms with Gasteiger partial charge >= 0.3 is 12.2 Å². The third-order valence-corrected chi connectivity index (χ3v) is 13.1. The van der Waals surface area contributed by atoms with Crippen molar-refractivity contribution in [3.8, 4) is 33.6 Å². The molecule has 2 amide bonds. The monoisotopic (exact) mass is 754 g/mol. The Balaban J connectivity index is 1.05. The molecule has 8 rings (SSSR count). The van der Waals surface area contributed by atoms with E-state index in [9.17, 15) is 9.59 Å². The Morgan fingerprint density at radius 2 is 1.17 bits per heavy atom. The predicted molar refractivity (Wildman–Crippen MR) is 212 cm³/mol. The van der Waals surface area contributed by atoms with Crippen LogP contribution in [0.2, 0.25) is 0 Å². The Morgan fingerprint density at radius 1 is 0.698 bits per heavy atom. The second kappa shape index (κ2) is 13.7. The summed E-state index contributed by atoms with van der Waals surface area (Å²) < 4.78 is 11.4. The van der Waals surface area contributed by atoms with Crippen LogP contribution in [0.25, 0.3) is 33.6 Å². The topological polar surface area (TPSA) is 116 Å². The van der Waals surface area contributed by atoms with Gasteiger partial charge in [0, 0.05) is 30.2 Å². The predicted octanol–water partition coefficient (Wildman–Crippen LogP) is 9.76. The van der Waals surface area contributed by atoms with Gasteiger partial charge < -0.3 is 19.4 Å². The summed E-state index contributed by atoms with van der Waals surface area (Å²) in [6, 6.07) is 13.3. The van der Waals surface area contributed by atoms with Crippen LogP contribution in [0, 0.1) is 5.41 Å². The summed E-state index contributed by atoms with van der Waals surface area (Å²) in [7, 11) is 0. The number of H-pyrrole nitrogens is 2. The molecule has 12 heteroatoms. The Kier molecular flexibility index (Phi) is 9.36. The minimum Gasteiger partial charge on any atom is -0.444 e. The molecule has 4 aromatic rings. The number of benzene rings is 2. The molecule has 53 heavy (non-hydrogen) atoms. The number of hydrogen-bond donors (Lipinski definition) is 2. The molecule has 4 heterocycles. The lowest BCUT2D eigenvalue weighted by Gasteiger charge is -2.27. The van der Waals surface area contributed by atoms with Gasteiger partial charge in [-0.1, -0.05) is 49.2 Å². The molecule has 280 valence electrons. The van der Waals surface area contributed by atoms with Crippen LogP contribution in [0.15, 0.2) is 48.8 Å². The number of hydrogen-bond acceptors (Lipinski definition) is 8. The number of carbonyl (C=O) groups is 2. The first-order valence-electron chi connectivity index (χ1n) is 18.8. The number of aromatic amines is 2. The molecule has 0 bridgehead atoms. The molecule has 2 aromatic heterocycles. The lowest BCUT2D eigenvalue weighted by molar-refractivity contribution is 0.0239. The second-order valence-electron chi connectivity index (χ2n) is 16.9. The third kappa shape index (κ3) is 7.33. The fourth-order valence-electron chi connectivity index (χ4n) is 8.36. The van der Waals surface area contributed by atoms with Crippen molar-refractivity contribution < 1.29 is 19.1 Å². The van der Waals surface area contributed by atoms with Gasteiger partial charge in [-0.2, -0.15) is 0 Å². The maximum atomic E-state index is 13.0. The number of nitrogens with zero attached hydrogens (tertiary/aromatic N) is 4. The van der Waals surface area contributed by atoms with Crippen molar-refractivity contribution in [1.29, 1.82) is 0 Å². The molecule has 0 radical (unpaired) electrons. The lowest BCUT2D eigenvalue weighted by Crippen LogP contribution is -2.36. The first-order valence-corrected chi connectivity index (χ1v) is 20.9. The maximum absolute atomic E-state index is 13.0. The van der Waals surface area contributed by atoms with E-state index in [2.05, 4.69) is 46.4 Å². The van der Waals surface area contributed by atoms with Crippen molar-refractivity contribution >= 4 is 35.7 Å². The van der Waals surface area contributed by atoms with Gasteiger partial charge in [0.15, 0.2) is 0 Å². The molecule has 10 nitrogen and oxygen atoms in total. The molecule has 4 aliphatic rings. The zero-order chi connectivity index (χ0) is 37.1. The standard InChI is InChI=1S/C41H50N6O4S2/c1-39(2,3)50-37(48)46-17-19-52-35(46)33-42-23-31(44-33)26-11-9-25(10-12-26)27-13-14-28(30-22-41(21-29(27)30)15-7-8-16-41)32-24-43-34(45-32)36-47(18-20-53-36)38(49)51-40(4,5)6/h9-14,23-24,35-36H,7-8,15-22H2,1-6H3,(H,42,44)(H,43,45)/t35-,36-/m0/s1. The number of imidazole rings is 2. The van der Waals surface area contributed by atoms with Crippen LogP contribution in [-0.4, -0.2) is 77.7 Å². The van der Waals surface area contributed by atoms with Crippen molar-refractivity contribution in [2.45, 2.75) is 102 Å². The fourth-order valence-corrected chi connectivity index (χ4v) is 10.7. The average Bonchev–Trinajstić information content (AvgIpc) is 3.94. The smallest absolute Gasteiger partial charge is 0.411 e.